The number of pyridine rings is 1. The predicted octanol–water partition coefficient (Wildman–Crippen LogP) is 4.55. The van der Waals surface area contributed by atoms with E-state index in [1.165, 1.54) is 9.21 Å². The van der Waals surface area contributed by atoms with Crippen LogP contribution in [0.1, 0.15) is 49.8 Å². The number of likely N-dealkylation sites (N-methyl/N-ethyl adjacent to an activating group) is 1. The minimum Gasteiger partial charge on any atom is -0.341 e. The Bertz CT molecular complexity index is 1180. The van der Waals surface area contributed by atoms with Gasteiger partial charge in [-0.25, -0.2) is 17.2 Å². The van der Waals surface area contributed by atoms with Gasteiger partial charge in [-0.05, 0) is 51.7 Å². The number of hydrogen-bond acceptors (Lipinski definition) is 4. The maximum atomic E-state index is 13.9. The van der Waals surface area contributed by atoms with E-state index in [0.717, 1.165) is 11.1 Å². The normalized spacial score (nSPS) is 21.5. The molecule has 1 aliphatic carbocycles. The molecule has 184 valence electrons. The molecular formula is C25H31F2N3O3S. The molecule has 2 heterocycles. The van der Waals surface area contributed by atoms with Crippen LogP contribution in [0.2, 0.25) is 0 Å². The van der Waals surface area contributed by atoms with Crippen molar-refractivity contribution in [3.63, 3.8) is 0 Å². The molecule has 6 nitrogen and oxygen atoms in total. The van der Waals surface area contributed by atoms with E-state index >= 15 is 0 Å². The van der Waals surface area contributed by atoms with Crippen LogP contribution in [0, 0.1) is 13.8 Å². The van der Waals surface area contributed by atoms with Crippen molar-refractivity contribution in [2.24, 2.45) is 0 Å². The van der Waals surface area contributed by atoms with Crippen LogP contribution in [0.25, 0.3) is 11.1 Å². The summed E-state index contributed by atoms with van der Waals surface area (Å²) in [5.41, 5.74) is 2.92. The molecule has 1 aliphatic heterocycles. The van der Waals surface area contributed by atoms with Crippen molar-refractivity contribution in [2.45, 2.75) is 75.3 Å². The van der Waals surface area contributed by atoms with Crippen LogP contribution in [-0.2, 0) is 14.8 Å². The van der Waals surface area contributed by atoms with Crippen molar-refractivity contribution in [1.82, 2.24) is 14.2 Å². The fourth-order valence-electron chi connectivity index (χ4n) is 5.08. The van der Waals surface area contributed by atoms with E-state index in [1.807, 2.05) is 26.0 Å². The molecule has 1 saturated heterocycles. The molecule has 2 fully saturated rings. The number of rotatable bonds is 5. The summed E-state index contributed by atoms with van der Waals surface area (Å²) in [5, 5.41) is 0. The molecule has 34 heavy (non-hydrogen) atoms. The van der Waals surface area contributed by atoms with E-state index in [4.69, 9.17) is 0 Å². The Morgan fingerprint density at radius 2 is 1.82 bits per heavy atom. The average Bonchev–Trinajstić information content (AvgIpc) is 3.29. The van der Waals surface area contributed by atoms with Crippen LogP contribution in [0.5, 0.6) is 0 Å². The van der Waals surface area contributed by atoms with Gasteiger partial charge in [-0.3, -0.25) is 9.78 Å². The second-order valence-corrected chi connectivity index (χ2v) is 11.3. The van der Waals surface area contributed by atoms with Crippen LogP contribution in [0.15, 0.2) is 41.4 Å². The zero-order valence-corrected chi connectivity index (χ0v) is 20.6. The Balaban J connectivity index is 1.64. The van der Waals surface area contributed by atoms with Gasteiger partial charge in [0.15, 0.2) is 0 Å². The molecule has 1 amide bonds. The lowest BCUT2D eigenvalue weighted by Crippen LogP contribution is -2.50. The molecule has 0 bridgehead atoms. The summed E-state index contributed by atoms with van der Waals surface area (Å²) in [6, 6.07) is 7.66. The molecule has 2 aliphatic rings. The van der Waals surface area contributed by atoms with Gasteiger partial charge in [0, 0.05) is 55.5 Å². The molecular weight excluding hydrogens is 460 g/mol. The number of carbonyl (C=O) groups is 1. The van der Waals surface area contributed by atoms with Gasteiger partial charge in [-0.1, -0.05) is 23.8 Å². The van der Waals surface area contributed by atoms with Gasteiger partial charge >= 0.3 is 0 Å². The van der Waals surface area contributed by atoms with Crippen molar-refractivity contribution in [3.05, 3.63) is 47.8 Å². The second-order valence-electron chi connectivity index (χ2n) is 9.45. The summed E-state index contributed by atoms with van der Waals surface area (Å²) in [6.45, 7) is 3.98. The second kappa shape index (κ2) is 9.34. The van der Waals surface area contributed by atoms with E-state index in [9.17, 15) is 22.0 Å². The summed E-state index contributed by atoms with van der Waals surface area (Å²) in [7, 11) is -2.38. The van der Waals surface area contributed by atoms with Gasteiger partial charge < -0.3 is 4.90 Å². The molecule has 9 heteroatoms. The van der Waals surface area contributed by atoms with E-state index in [0.29, 0.717) is 24.1 Å². The molecule has 0 radical (unpaired) electrons. The number of aryl methyl sites for hydroxylation is 2. The highest BCUT2D eigenvalue weighted by Gasteiger charge is 2.44. The molecule has 1 aromatic carbocycles. The van der Waals surface area contributed by atoms with Gasteiger partial charge in [0.1, 0.15) is 6.04 Å². The number of alkyl halides is 2. The van der Waals surface area contributed by atoms with Crippen LogP contribution in [0.4, 0.5) is 8.78 Å². The first-order chi connectivity index (χ1) is 16.0. The Morgan fingerprint density at radius 1 is 1.12 bits per heavy atom. The molecule has 1 saturated carbocycles. The highest BCUT2D eigenvalue weighted by molar-refractivity contribution is 7.89. The monoisotopic (exact) mass is 491 g/mol. The highest BCUT2D eigenvalue weighted by Crippen LogP contribution is 2.37. The number of hydrogen-bond donors (Lipinski definition) is 0. The highest BCUT2D eigenvalue weighted by atomic mass is 32.2. The zero-order valence-electron chi connectivity index (χ0n) is 19.8. The fraction of sp³-hybridized carbons (Fsp3) is 0.520. The van der Waals surface area contributed by atoms with Crippen LogP contribution < -0.4 is 0 Å². The zero-order chi connectivity index (χ0) is 24.7. The quantitative estimate of drug-likeness (QED) is 0.615. The third kappa shape index (κ3) is 4.73. The topological polar surface area (TPSA) is 70.6 Å². The molecule has 0 unspecified atom stereocenters. The SMILES string of the molecule is Cc1ccc(S(=O)(=O)N2CCC[C@H]2C(=O)N(C)C2CCC(F)(F)CC2)c(-c2cccnc2C)c1. The number of halogens is 2. The van der Waals surface area contributed by atoms with Gasteiger partial charge in [0.25, 0.3) is 0 Å². The van der Waals surface area contributed by atoms with Crippen molar-refractivity contribution in [2.75, 3.05) is 13.6 Å². The number of benzene rings is 1. The van der Waals surface area contributed by atoms with Gasteiger partial charge in [-0.15, -0.1) is 0 Å². The maximum Gasteiger partial charge on any atom is 0.248 e. The minimum atomic E-state index is -3.99. The number of amides is 1. The van der Waals surface area contributed by atoms with E-state index < -0.39 is 22.0 Å². The van der Waals surface area contributed by atoms with Crippen molar-refractivity contribution < 1.29 is 22.0 Å². The molecule has 0 N–H and O–H groups in total. The van der Waals surface area contributed by atoms with E-state index in [1.54, 1.807) is 31.4 Å². The predicted molar refractivity (Wildman–Crippen MR) is 126 cm³/mol. The lowest BCUT2D eigenvalue weighted by atomic mass is 9.91. The number of aromatic nitrogens is 1. The Hall–Kier alpha value is -2.39. The summed E-state index contributed by atoms with van der Waals surface area (Å²) in [5.74, 6) is -3.00. The van der Waals surface area contributed by atoms with E-state index in [2.05, 4.69) is 4.98 Å². The lowest BCUT2D eigenvalue weighted by molar-refractivity contribution is -0.138. The Morgan fingerprint density at radius 3 is 2.50 bits per heavy atom. The maximum absolute atomic E-state index is 13.9. The lowest BCUT2D eigenvalue weighted by Gasteiger charge is -2.37. The Kier molecular flexibility index (Phi) is 6.79. The van der Waals surface area contributed by atoms with Gasteiger partial charge in [-0.2, -0.15) is 4.31 Å². The van der Waals surface area contributed by atoms with Gasteiger partial charge in [0.05, 0.1) is 4.90 Å². The molecule has 1 aromatic heterocycles. The number of sulfonamides is 1. The Labute approximate surface area is 200 Å². The van der Waals surface area contributed by atoms with Crippen molar-refractivity contribution in [3.8, 4) is 11.1 Å². The first kappa shape index (κ1) is 24.7. The van der Waals surface area contributed by atoms with Gasteiger partial charge in [0.2, 0.25) is 21.9 Å². The number of nitrogens with zero attached hydrogens (tertiary/aromatic N) is 3. The van der Waals surface area contributed by atoms with Crippen LogP contribution >= 0.6 is 0 Å². The first-order valence-electron chi connectivity index (χ1n) is 11.7. The summed E-state index contributed by atoms with van der Waals surface area (Å²) < 4.78 is 56.2. The minimum absolute atomic E-state index is 0.147. The van der Waals surface area contributed by atoms with Crippen LogP contribution in [-0.4, -0.2) is 60.1 Å². The molecule has 1 atom stereocenters. The fourth-order valence-corrected chi connectivity index (χ4v) is 6.92. The third-order valence-corrected chi connectivity index (χ3v) is 9.06. The summed E-state index contributed by atoms with van der Waals surface area (Å²) >= 11 is 0. The van der Waals surface area contributed by atoms with Crippen molar-refractivity contribution >= 4 is 15.9 Å². The molecule has 2 aromatic rings. The molecule has 0 spiro atoms. The van der Waals surface area contributed by atoms with Crippen molar-refractivity contribution in [1.29, 1.82) is 0 Å². The average molecular weight is 492 g/mol. The number of carbonyl (C=O) groups excluding carboxylic acids is 1. The third-order valence-electron chi connectivity index (χ3n) is 7.09. The summed E-state index contributed by atoms with van der Waals surface area (Å²) in [4.78, 5) is 19.3. The van der Waals surface area contributed by atoms with Crippen LogP contribution in [0.3, 0.4) is 0 Å². The van der Waals surface area contributed by atoms with E-state index in [-0.39, 0.29) is 49.1 Å². The summed E-state index contributed by atoms with van der Waals surface area (Å²) in [6.07, 6.45) is 2.58. The molecule has 4 rings (SSSR count). The smallest absolute Gasteiger partial charge is 0.248 e. The first-order valence-corrected chi connectivity index (χ1v) is 13.1. The standard InChI is InChI=1S/C25H31F2N3O3S/c1-17-8-9-23(21(16-17)20-6-4-14-28-18(20)2)34(32,33)30-15-5-7-22(30)24(31)29(3)19-10-12-25(26,27)13-11-19/h4,6,8-9,14,16,19,22H,5,7,10-13,15H2,1-3H3/t22-/m0/s1. The largest absolute Gasteiger partial charge is 0.341 e.